The summed E-state index contributed by atoms with van der Waals surface area (Å²) in [6.07, 6.45) is 3.48. The molecule has 0 fully saturated rings. The number of rotatable bonds is 5. The minimum atomic E-state index is -0.464. The Hall–Kier alpha value is -2.31. The standard InChI is InChI=1S/C16H14ClFN4O/c1-23-10-16(14-4-2-3-7-19-14)22-9-15(20-21-22)11-5-6-13(18)12(17)8-11/h2-9,16H,10H2,1H3/t16-/m1/s1. The topological polar surface area (TPSA) is 52.8 Å². The van der Waals surface area contributed by atoms with Crippen LogP contribution in [0.25, 0.3) is 11.3 Å². The molecule has 0 aliphatic heterocycles. The number of methoxy groups -OCH3 is 1. The molecule has 5 nitrogen and oxygen atoms in total. The first kappa shape index (κ1) is 15.6. The molecule has 0 amide bonds. The highest BCUT2D eigenvalue weighted by atomic mass is 35.5. The van der Waals surface area contributed by atoms with Crippen LogP contribution < -0.4 is 0 Å². The summed E-state index contributed by atoms with van der Waals surface area (Å²) in [6, 6.07) is 9.91. The molecule has 3 aromatic rings. The van der Waals surface area contributed by atoms with Gasteiger partial charge in [0.25, 0.3) is 0 Å². The second-order valence-electron chi connectivity index (χ2n) is 4.94. The smallest absolute Gasteiger partial charge is 0.141 e. The minimum Gasteiger partial charge on any atom is -0.382 e. The van der Waals surface area contributed by atoms with Crippen molar-refractivity contribution in [1.82, 2.24) is 20.0 Å². The molecule has 0 saturated carbocycles. The van der Waals surface area contributed by atoms with E-state index in [2.05, 4.69) is 15.3 Å². The van der Waals surface area contributed by atoms with Crippen molar-refractivity contribution in [2.24, 2.45) is 0 Å². The normalized spacial score (nSPS) is 12.3. The van der Waals surface area contributed by atoms with Crippen LogP contribution in [-0.4, -0.2) is 33.7 Å². The Morgan fingerprint density at radius 3 is 2.87 bits per heavy atom. The third kappa shape index (κ3) is 3.38. The molecule has 0 aliphatic carbocycles. The number of halogens is 2. The molecule has 1 aromatic carbocycles. The van der Waals surface area contributed by atoms with Crippen molar-refractivity contribution in [3.8, 4) is 11.3 Å². The van der Waals surface area contributed by atoms with E-state index < -0.39 is 5.82 Å². The molecule has 118 valence electrons. The van der Waals surface area contributed by atoms with Crippen LogP contribution in [0.4, 0.5) is 4.39 Å². The zero-order valence-electron chi connectivity index (χ0n) is 12.4. The maximum absolute atomic E-state index is 13.3. The van der Waals surface area contributed by atoms with Crippen LogP contribution in [0.1, 0.15) is 11.7 Å². The van der Waals surface area contributed by atoms with Crippen LogP contribution >= 0.6 is 11.6 Å². The highest BCUT2D eigenvalue weighted by Gasteiger charge is 2.17. The third-order valence-corrected chi connectivity index (χ3v) is 3.69. The summed E-state index contributed by atoms with van der Waals surface area (Å²) in [5.41, 5.74) is 2.12. The molecule has 7 heteroatoms. The van der Waals surface area contributed by atoms with E-state index in [0.29, 0.717) is 17.9 Å². The van der Waals surface area contributed by atoms with E-state index in [0.717, 1.165) is 5.69 Å². The summed E-state index contributed by atoms with van der Waals surface area (Å²) in [5.74, 6) is -0.464. The van der Waals surface area contributed by atoms with E-state index in [-0.39, 0.29) is 11.1 Å². The zero-order valence-corrected chi connectivity index (χ0v) is 13.1. The predicted molar refractivity (Wildman–Crippen MR) is 84.7 cm³/mol. The van der Waals surface area contributed by atoms with Gasteiger partial charge in [-0.15, -0.1) is 5.10 Å². The molecular formula is C16H14ClFN4O. The number of hydrogen-bond donors (Lipinski definition) is 0. The summed E-state index contributed by atoms with van der Waals surface area (Å²) < 4.78 is 20.2. The number of hydrogen-bond acceptors (Lipinski definition) is 4. The van der Waals surface area contributed by atoms with Gasteiger partial charge >= 0.3 is 0 Å². The lowest BCUT2D eigenvalue weighted by molar-refractivity contribution is 0.162. The Kier molecular flexibility index (Phi) is 4.64. The number of ether oxygens (including phenoxy) is 1. The zero-order chi connectivity index (χ0) is 16.2. The van der Waals surface area contributed by atoms with E-state index in [1.165, 1.54) is 12.1 Å². The quantitative estimate of drug-likeness (QED) is 0.719. The molecule has 0 unspecified atom stereocenters. The van der Waals surface area contributed by atoms with Crippen molar-refractivity contribution >= 4 is 11.6 Å². The lowest BCUT2D eigenvalue weighted by atomic mass is 10.1. The van der Waals surface area contributed by atoms with E-state index >= 15 is 0 Å². The maximum atomic E-state index is 13.3. The predicted octanol–water partition coefficient (Wildman–Crippen LogP) is 3.37. The molecule has 0 bridgehead atoms. The second kappa shape index (κ2) is 6.85. The van der Waals surface area contributed by atoms with Gasteiger partial charge in [0.1, 0.15) is 17.6 Å². The Bertz CT molecular complexity index is 794. The van der Waals surface area contributed by atoms with Gasteiger partial charge in [-0.2, -0.15) is 0 Å². The molecule has 23 heavy (non-hydrogen) atoms. The minimum absolute atomic E-state index is 0.0511. The van der Waals surface area contributed by atoms with Crippen molar-refractivity contribution < 1.29 is 9.13 Å². The molecule has 2 heterocycles. The van der Waals surface area contributed by atoms with Crippen molar-refractivity contribution in [3.05, 3.63) is 65.3 Å². The molecule has 0 N–H and O–H groups in total. The largest absolute Gasteiger partial charge is 0.382 e. The number of benzene rings is 1. The fourth-order valence-corrected chi connectivity index (χ4v) is 2.43. The Balaban J connectivity index is 1.94. The average Bonchev–Trinajstić information content (AvgIpc) is 3.05. The molecule has 2 aromatic heterocycles. The van der Waals surface area contributed by atoms with E-state index in [1.54, 1.807) is 30.3 Å². The van der Waals surface area contributed by atoms with E-state index in [4.69, 9.17) is 16.3 Å². The lowest BCUT2D eigenvalue weighted by Gasteiger charge is -2.15. The molecule has 0 radical (unpaired) electrons. The molecule has 1 atom stereocenters. The summed E-state index contributed by atoms with van der Waals surface area (Å²) in [7, 11) is 1.62. The first-order valence-electron chi connectivity index (χ1n) is 6.96. The summed E-state index contributed by atoms with van der Waals surface area (Å²) in [4.78, 5) is 4.34. The highest BCUT2D eigenvalue weighted by Crippen LogP contribution is 2.24. The van der Waals surface area contributed by atoms with Gasteiger partial charge in [-0.25, -0.2) is 9.07 Å². The van der Waals surface area contributed by atoms with Crippen molar-refractivity contribution in [2.75, 3.05) is 13.7 Å². The molecule has 3 rings (SSSR count). The molecule has 0 spiro atoms. The van der Waals surface area contributed by atoms with Gasteiger partial charge in [0.05, 0.1) is 23.5 Å². The van der Waals surface area contributed by atoms with Crippen LogP contribution in [0.15, 0.2) is 48.8 Å². The lowest BCUT2D eigenvalue weighted by Crippen LogP contribution is -2.18. The van der Waals surface area contributed by atoms with Gasteiger partial charge in [-0.3, -0.25) is 4.98 Å². The van der Waals surface area contributed by atoms with Crippen LogP contribution in [0, 0.1) is 5.82 Å². The number of aromatic nitrogens is 4. The van der Waals surface area contributed by atoms with Crippen molar-refractivity contribution in [3.63, 3.8) is 0 Å². The van der Waals surface area contributed by atoms with Gasteiger partial charge in [0.2, 0.25) is 0 Å². The third-order valence-electron chi connectivity index (χ3n) is 3.40. The highest BCUT2D eigenvalue weighted by molar-refractivity contribution is 6.31. The number of pyridine rings is 1. The van der Waals surface area contributed by atoms with Gasteiger partial charge in [-0.1, -0.05) is 22.9 Å². The second-order valence-corrected chi connectivity index (χ2v) is 5.35. The van der Waals surface area contributed by atoms with Crippen molar-refractivity contribution in [2.45, 2.75) is 6.04 Å². The van der Waals surface area contributed by atoms with Crippen LogP contribution in [0.5, 0.6) is 0 Å². The van der Waals surface area contributed by atoms with Gasteiger partial charge in [0, 0.05) is 18.9 Å². The van der Waals surface area contributed by atoms with E-state index in [1.807, 2.05) is 18.2 Å². The van der Waals surface area contributed by atoms with Gasteiger partial charge in [0.15, 0.2) is 0 Å². The van der Waals surface area contributed by atoms with E-state index in [9.17, 15) is 4.39 Å². The Morgan fingerprint density at radius 2 is 2.17 bits per heavy atom. The average molecular weight is 333 g/mol. The van der Waals surface area contributed by atoms with Crippen LogP contribution in [-0.2, 0) is 4.74 Å². The van der Waals surface area contributed by atoms with Crippen LogP contribution in [0.2, 0.25) is 5.02 Å². The van der Waals surface area contributed by atoms with Crippen molar-refractivity contribution in [1.29, 1.82) is 0 Å². The monoisotopic (exact) mass is 332 g/mol. The summed E-state index contributed by atoms with van der Waals surface area (Å²) in [5, 5.41) is 8.34. The summed E-state index contributed by atoms with van der Waals surface area (Å²) >= 11 is 5.82. The van der Waals surface area contributed by atoms with Gasteiger partial charge in [-0.05, 0) is 30.3 Å². The first-order valence-corrected chi connectivity index (χ1v) is 7.34. The molecule has 0 aliphatic rings. The number of nitrogens with zero attached hydrogens (tertiary/aromatic N) is 4. The Morgan fingerprint density at radius 1 is 1.30 bits per heavy atom. The Labute approximate surface area is 137 Å². The SMILES string of the molecule is COC[C@H](c1ccccn1)n1cc(-c2ccc(F)c(Cl)c2)nn1. The van der Waals surface area contributed by atoms with Gasteiger partial charge < -0.3 is 4.74 Å². The molecule has 0 saturated heterocycles. The molecular weight excluding hydrogens is 319 g/mol. The van der Waals surface area contributed by atoms with Crippen LogP contribution in [0.3, 0.4) is 0 Å². The maximum Gasteiger partial charge on any atom is 0.141 e. The fourth-order valence-electron chi connectivity index (χ4n) is 2.24. The fraction of sp³-hybridized carbons (Fsp3) is 0.188. The first-order chi connectivity index (χ1) is 11.2. The summed E-state index contributed by atoms with van der Waals surface area (Å²) in [6.45, 7) is 0.407.